The highest BCUT2D eigenvalue weighted by atomic mass is 16.5. The lowest BCUT2D eigenvalue weighted by Crippen LogP contribution is -2.51. The number of likely N-dealkylation sites (N-methyl/N-ethyl adjacent to an activating group) is 1. The number of aryl methyl sites for hydroxylation is 1. The zero-order chi connectivity index (χ0) is 28.4. The first kappa shape index (κ1) is 27.5. The molecule has 40 heavy (non-hydrogen) atoms. The molecule has 4 amide bonds. The molecule has 1 N–H and O–H groups in total. The number of hydrogen-bond donors (Lipinski definition) is 1. The smallest absolute Gasteiger partial charge is 0.322 e. The average molecular weight is 549 g/mol. The Hall–Kier alpha value is -4.08. The molecule has 0 radical (unpaired) electrons. The highest BCUT2D eigenvalue weighted by molar-refractivity contribution is 5.97. The molecular formula is C30H36N4O6. The number of urea groups is 1. The van der Waals surface area contributed by atoms with Gasteiger partial charge in [-0.3, -0.25) is 14.4 Å². The van der Waals surface area contributed by atoms with Crippen molar-refractivity contribution < 1.29 is 28.7 Å². The molecule has 0 unspecified atom stereocenters. The number of piperidine rings is 1. The maximum Gasteiger partial charge on any atom is 0.322 e. The predicted molar refractivity (Wildman–Crippen MR) is 149 cm³/mol. The third-order valence-corrected chi connectivity index (χ3v) is 8.12. The molecule has 212 valence electrons. The Kier molecular flexibility index (Phi) is 7.95. The van der Waals surface area contributed by atoms with Gasteiger partial charge in [-0.25, -0.2) is 4.79 Å². The molecule has 3 aliphatic heterocycles. The number of rotatable bonds is 5. The van der Waals surface area contributed by atoms with Gasteiger partial charge in [0.05, 0.1) is 13.7 Å². The minimum atomic E-state index is -0.299. The molecule has 1 saturated heterocycles. The summed E-state index contributed by atoms with van der Waals surface area (Å²) in [6.45, 7) is 3.48. The van der Waals surface area contributed by atoms with Gasteiger partial charge < -0.3 is 29.5 Å². The largest absolute Gasteiger partial charge is 0.497 e. The van der Waals surface area contributed by atoms with Gasteiger partial charge >= 0.3 is 12.0 Å². The summed E-state index contributed by atoms with van der Waals surface area (Å²) < 4.78 is 10.8. The van der Waals surface area contributed by atoms with Gasteiger partial charge in [0.25, 0.3) is 5.91 Å². The molecule has 0 bridgehead atoms. The van der Waals surface area contributed by atoms with Crippen LogP contribution in [0.5, 0.6) is 11.5 Å². The van der Waals surface area contributed by atoms with Crippen molar-refractivity contribution in [2.45, 2.75) is 51.5 Å². The van der Waals surface area contributed by atoms with Crippen LogP contribution in [-0.2, 0) is 22.4 Å². The topological polar surface area (TPSA) is 108 Å². The molecule has 10 heteroatoms. The summed E-state index contributed by atoms with van der Waals surface area (Å²) in [5, 5.41) is 3.02. The van der Waals surface area contributed by atoms with Gasteiger partial charge in [-0.1, -0.05) is 0 Å². The van der Waals surface area contributed by atoms with E-state index in [4.69, 9.17) is 9.47 Å². The first-order chi connectivity index (χ1) is 19.2. The summed E-state index contributed by atoms with van der Waals surface area (Å²) in [6, 6.07) is 8.98. The van der Waals surface area contributed by atoms with Gasteiger partial charge in [-0.15, -0.1) is 0 Å². The Morgan fingerprint density at radius 2 is 1.85 bits per heavy atom. The van der Waals surface area contributed by atoms with Crippen LogP contribution in [0.1, 0.15) is 52.7 Å². The lowest BCUT2D eigenvalue weighted by Gasteiger charge is -2.38. The van der Waals surface area contributed by atoms with E-state index in [1.54, 1.807) is 31.2 Å². The molecule has 2 aromatic rings. The highest BCUT2D eigenvalue weighted by Crippen LogP contribution is 2.30. The fourth-order valence-corrected chi connectivity index (χ4v) is 5.83. The number of carbonyl (C=O) groups is 4. The number of likely N-dealkylation sites (tertiary alicyclic amines) is 1. The number of amides is 4. The van der Waals surface area contributed by atoms with E-state index < -0.39 is 0 Å². The van der Waals surface area contributed by atoms with Crippen molar-refractivity contribution in [2.75, 3.05) is 45.7 Å². The number of esters is 1. The Bertz CT molecular complexity index is 1330. The van der Waals surface area contributed by atoms with Gasteiger partial charge in [-0.05, 0) is 86.1 Å². The van der Waals surface area contributed by atoms with Crippen LogP contribution in [0.3, 0.4) is 0 Å². The first-order valence-electron chi connectivity index (χ1n) is 13.9. The Morgan fingerprint density at radius 1 is 1.07 bits per heavy atom. The van der Waals surface area contributed by atoms with Crippen LogP contribution in [-0.4, -0.2) is 84.9 Å². The van der Waals surface area contributed by atoms with Crippen LogP contribution >= 0.6 is 0 Å². The first-order valence-corrected chi connectivity index (χ1v) is 13.9. The Labute approximate surface area is 234 Å². The van der Waals surface area contributed by atoms with Gasteiger partial charge in [0.2, 0.25) is 5.91 Å². The molecule has 0 saturated carbocycles. The lowest BCUT2D eigenvalue weighted by molar-refractivity contribution is -0.134. The Balaban J connectivity index is 1.16. The van der Waals surface area contributed by atoms with Crippen LogP contribution in [0, 0.1) is 6.92 Å². The summed E-state index contributed by atoms with van der Waals surface area (Å²) in [6.07, 6.45) is 3.87. The van der Waals surface area contributed by atoms with Crippen molar-refractivity contribution >= 4 is 29.5 Å². The van der Waals surface area contributed by atoms with E-state index in [-0.39, 0.29) is 36.4 Å². The summed E-state index contributed by atoms with van der Waals surface area (Å²) in [7, 11) is 3.23. The zero-order valence-electron chi connectivity index (χ0n) is 23.3. The number of hydrogen-bond acceptors (Lipinski definition) is 6. The normalized spacial score (nSPS) is 17.6. The molecule has 0 aromatic heterocycles. The average Bonchev–Trinajstić information content (AvgIpc) is 3.24. The van der Waals surface area contributed by atoms with Crippen LogP contribution in [0.4, 0.5) is 10.5 Å². The molecule has 0 spiro atoms. The van der Waals surface area contributed by atoms with Gasteiger partial charge in [-0.2, -0.15) is 0 Å². The third kappa shape index (κ3) is 5.76. The van der Waals surface area contributed by atoms with Gasteiger partial charge in [0, 0.05) is 50.4 Å². The zero-order valence-corrected chi connectivity index (χ0v) is 23.3. The van der Waals surface area contributed by atoms with Crippen molar-refractivity contribution in [1.82, 2.24) is 14.7 Å². The van der Waals surface area contributed by atoms with Gasteiger partial charge in [0.1, 0.15) is 11.5 Å². The maximum atomic E-state index is 13.2. The van der Waals surface area contributed by atoms with Crippen molar-refractivity contribution in [3.63, 3.8) is 0 Å². The molecule has 3 aliphatic rings. The summed E-state index contributed by atoms with van der Waals surface area (Å²) >= 11 is 0. The van der Waals surface area contributed by atoms with Crippen LogP contribution < -0.4 is 14.8 Å². The number of nitrogens with zero attached hydrogens (tertiary/aromatic N) is 3. The summed E-state index contributed by atoms with van der Waals surface area (Å²) in [4.78, 5) is 56.2. The SMILES string of the molecule is COc1ccc2c(c1)CCN(C1CCN(C(=O)CN(C)C(=O)c3cc(C)c4c(c3)OC(=O)CCC4)CC1)C(=O)N2. The minimum Gasteiger partial charge on any atom is -0.497 e. The second-order valence-corrected chi connectivity index (χ2v) is 10.8. The van der Waals surface area contributed by atoms with Gasteiger partial charge in [0.15, 0.2) is 0 Å². The fourth-order valence-electron chi connectivity index (χ4n) is 5.83. The molecule has 0 aliphatic carbocycles. The monoisotopic (exact) mass is 548 g/mol. The van der Waals surface area contributed by atoms with E-state index in [1.807, 2.05) is 30.0 Å². The predicted octanol–water partition coefficient (Wildman–Crippen LogP) is 3.40. The number of anilines is 1. The van der Waals surface area contributed by atoms with Crippen molar-refractivity contribution in [3.05, 3.63) is 52.6 Å². The van der Waals surface area contributed by atoms with E-state index in [1.165, 1.54) is 4.90 Å². The van der Waals surface area contributed by atoms with Crippen LogP contribution in [0.15, 0.2) is 30.3 Å². The quantitative estimate of drug-likeness (QED) is 0.453. The maximum absolute atomic E-state index is 13.2. The van der Waals surface area contributed by atoms with E-state index in [0.29, 0.717) is 50.2 Å². The van der Waals surface area contributed by atoms with Crippen molar-refractivity contribution in [2.24, 2.45) is 0 Å². The summed E-state index contributed by atoms with van der Waals surface area (Å²) in [5.41, 5.74) is 4.09. The van der Waals surface area contributed by atoms with Crippen molar-refractivity contribution in [1.29, 1.82) is 0 Å². The van der Waals surface area contributed by atoms with Crippen LogP contribution in [0.2, 0.25) is 0 Å². The number of methoxy groups -OCH3 is 1. The molecule has 2 aromatic carbocycles. The minimum absolute atomic E-state index is 0.0323. The number of nitrogens with one attached hydrogen (secondary N) is 1. The van der Waals surface area contributed by atoms with Crippen molar-refractivity contribution in [3.8, 4) is 11.5 Å². The van der Waals surface area contributed by atoms with Crippen LogP contribution in [0.25, 0.3) is 0 Å². The van der Waals surface area contributed by atoms with E-state index >= 15 is 0 Å². The highest BCUT2D eigenvalue weighted by Gasteiger charge is 2.32. The Morgan fingerprint density at radius 3 is 2.60 bits per heavy atom. The number of ether oxygens (including phenoxy) is 2. The third-order valence-electron chi connectivity index (χ3n) is 8.12. The molecular weight excluding hydrogens is 512 g/mol. The van der Waals surface area contributed by atoms with E-state index in [9.17, 15) is 19.2 Å². The molecule has 10 nitrogen and oxygen atoms in total. The number of carbonyl (C=O) groups excluding carboxylic acids is 4. The standard InChI is InChI=1S/C30H36N4O6/c1-19-15-21(17-26-24(19)5-4-6-28(36)40-26)29(37)32(2)18-27(35)33-12-10-22(11-13-33)34-14-9-20-16-23(39-3)7-8-25(20)31-30(34)38/h7-8,15-17,22H,4-6,9-14,18H2,1-3H3,(H,31,38). The number of fused-ring (bicyclic) bond motifs is 2. The molecule has 1 fully saturated rings. The lowest BCUT2D eigenvalue weighted by atomic mass is 9.99. The molecule has 3 heterocycles. The fraction of sp³-hybridized carbons (Fsp3) is 0.467. The molecule has 5 rings (SSSR count). The molecule has 0 atom stereocenters. The van der Waals surface area contributed by atoms with E-state index in [2.05, 4.69) is 5.32 Å². The second kappa shape index (κ2) is 11.6. The second-order valence-electron chi connectivity index (χ2n) is 10.8. The summed E-state index contributed by atoms with van der Waals surface area (Å²) in [5.74, 6) is 0.473. The van der Waals surface area contributed by atoms with E-state index in [0.717, 1.165) is 47.4 Å². The number of benzene rings is 2.